The van der Waals surface area contributed by atoms with Gasteiger partial charge in [0.2, 0.25) is 0 Å². The van der Waals surface area contributed by atoms with Gasteiger partial charge in [0.15, 0.2) is 6.29 Å². The maximum atomic E-state index is 5.60. The van der Waals surface area contributed by atoms with Crippen LogP contribution in [-0.2, 0) is 9.47 Å². The summed E-state index contributed by atoms with van der Waals surface area (Å²) in [5, 5.41) is 0. The molecule has 1 unspecified atom stereocenters. The van der Waals surface area contributed by atoms with E-state index in [0.29, 0.717) is 0 Å². The summed E-state index contributed by atoms with van der Waals surface area (Å²) in [7, 11) is 0. The first-order valence-corrected chi connectivity index (χ1v) is 12.0. The van der Waals surface area contributed by atoms with Crippen molar-refractivity contribution >= 4 is 0 Å². The molecule has 0 amide bonds. The molecule has 2 aliphatic rings. The Morgan fingerprint density at radius 2 is 1.59 bits per heavy atom. The van der Waals surface area contributed by atoms with Gasteiger partial charge in [0.05, 0.1) is 12.9 Å². The lowest BCUT2D eigenvalue weighted by molar-refractivity contribution is -0.129. The van der Waals surface area contributed by atoms with Gasteiger partial charge in [0.1, 0.15) is 0 Å². The summed E-state index contributed by atoms with van der Waals surface area (Å²) in [4.78, 5) is 0. The van der Waals surface area contributed by atoms with Crippen molar-refractivity contribution < 1.29 is 9.47 Å². The predicted octanol–water partition coefficient (Wildman–Crippen LogP) is 7.94. The monoisotopic (exact) mass is 376 g/mol. The average Bonchev–Trinajstić information content (AvgIpc) is 3.15. The van der Waals surface area contributed by atoms with E-state index in [9.17, 15) is 0 Å². The van der Waals surface area contributed by atoms with E-state index in [4.69, 9.17) is 9.47 Å². The molecule has 3 atom stereocenters. The zero-order valence-corrected chi connectivity index (χ0v) is 17.9. The molecule has 0 spiro atoms. The Bertz CT molecular complexity index is 395. The third-order valence-corrected chi connectivity index (χ3v) is 6.38. The van der Waals surface area contributed by atoms with E-state index in [1.165, 1.54) is 96.3 Å². The predicted molar refractivity (Wildman–Crippen MR) is 116 cm³/mol. The lowest BCUT2D eigenvalue weighted by atomic mass is 9.87. The van der Waals surface area contributed by atoms with Gasteiger partial charge in [-0.25, -0.2) is 0 Å². The van der Waals surface area contributed by atoms with Gasteiger partial charge in [-0.3, -0.25) is 0 Å². The van der Waals surface area contributed by atoms with E-state index in [1.807, 2.05) is 6.08 Å². The molecular weight excluding hydrogens is 332 g/mol. The van der Waals surface area contributed by atoms with Crippen LogP contribution in [0.1, 0.15) is 110 Å². The Labute approximate surface area is 168 Å². The molecule has 1 saturated carbocycles. The fourth-order valence-corrected chi connectivity index (χ4v) is 4.73. The lowest BCUT2D eigenvalue weighted by Crippen LogP contribution is -2.19. The second-order valence-electron chi connectivity index (χ2n) is 8.63. The Hall–Kier alpha value is -0.760. The van der Waals surface area contributed by atoms with Gasteiger partial charge < -0.3 is 9.47 Å². The van der Waals surface area contributed by atoms with E-state index in [0.717, 1.165) is 24.9 Å². The summed E-state index contributed by atoms with van der Waals surface area (Å²) in [6.07, 6.45) is 30.2. The van der Waals surface area contributed by atoms with E-state index in [2.05, 4.69) is 19.1 Å². The average molecular weight is 377 g/mol. The van der Waals surface area contributed by atoms with Crippen molar-refractivity contribution in [2.45, 2.75) is 116 Å². The topological polar surface area (TPSA) is 18.5 Å². The van der Waals surface area contributed by atoms with Gasteiger partial charge in [-0.05, 0) is 50.0 Å². The summed E-state index contributed by atoms with van der Waals surface area (Å²) in [6, 6.07) is 0. The minimum Gasteiger partial charge on any atom is -0.473 e. The largest absolute Gasteiger partial charge is 0.473 e. The minimum atomic E-state index is -0.0191. The molecule has 2 fully saturated rings. The molecule has 0 aromatic carbocycles. The van der Waals surface area contributed by atoms with Crippen molar-refractivity contribution in [3.05, 3.63) is 24.5 Å². The van der Waals surface area contributed by atoms with Crippen molar-refractivity contribution in [2.75, 3.05) is 6.61 Å². The Morgan fingerprint density at radius 3 is 2.37 bits per heavy atom. The quantitative estimate of drug-likeness (QED) is 0.174. The highest BCUT2D eigenvalue weighted by Gasteiger charge is 2.25. The highest BCUT2D eigenvalue weighted by atomic mass is 16.7. The summed E-state index contributed by atoms with van der Waals surface area (Å²) >= 11 is 0. The van der Waals surface area contributed by atoms with E-state index in [1.54, 1.807) is 6.26 Å². The van der Waals surface area contributed by atoms with Crippen LogP contribution in [0.2, 0.25) is 0 Å². The molecule has 27 heavy (non-hydrogen) atoms. The molecule has 156 valence electrons. The zero-order chi connectivity index (χ0) is 19.0. The fourth-order valence-electron chi connectivity index (χ4n) is 4.73. The fraction of sp³-hybridized carbons (Fsp3) is 0.840. The van der Waals surface area contributed by atoms with Gasteiger partial charge >= 0.3 is 0 Å². The van der Waals surface area contributed by atoms with Crippen molar-refractivity contribution in [2.24, 2.45) is 11.8 Å². The molecule has 1 aliphatic carbocycles. The molecule has 1 saturated heterocycles. The minimum absolute atomic E-state index is 0.0191. The highest BCUT2D eigenvalue weighted by molar-refractivity contribution is 4.99. The lowest BCUT2D eigenvalue weighted by Gasteiger charge is -2.21. The Morgan fingerprint density at radius 1 is 0.815 bits per heavy atom. The maximum Gasteiger partial charge on any atom is 0.198 e. The van der Waals surface area contributed by atoms with Crippen LogP contribution in [0.5, 0.6) is 0 Å². The second kappa shape index (κ2) is 15.2. The maximum absolute atomic E-state index is 5.60. The number of hydrogen-bond acceptors (Lipinski definition) is 2. The summed E-state index contributed by atoms with van der Waals surface area (Å²) in [5.41, 5.74) is 0. The normalized spacial score (nSPS) is 26.3. The molecule has 0 radical (unpaired) electrons. The first-order chi connectivity index (χ1) is 13.4. The van der Waals surface area contributed by atoms with Gasteiger partial charge in [-0.15, -0.1) is 0 Å². The van der Waals surface area contributed by atoms with Crippen LogP contribution in [0.4, 0.5) is 0 Å². The first-order valence-electron chi connectivity index (χ1n) is 12.0. The SMILES string of the molecule is CCCCCCCC[C@H]1CCC[C@@H]1CCCC=CC=COC1CCCCO1. The molecule has 2 heteroatoms. The van der Waals surface area contributed by atoms with Crippen LogP contribution in [-0.4, -0.2) is 12.9 Å². The third-order valence-electron chi connectivity index (χ3n) is 6.38. The van der Waals surface area contributed by atoms with Crippen LogP contribution in [0.25, 0.3) is 0 Å². The second-order valence-corrected chi connectivity index (χ2v) is 8.63. The summed E-state index contributed by atoms with van der Waals surface area (Å²) < 4.78 is 11.1. The van der Waals surface area contributed by atoms with Crippen molar-refractivity contribution in [3.8, 4) is 0 Å². The number of unbranched alkanes of at least 4 members (excludes halogenated alkanes) is 6. The molecule has 0 aromatic heterocycles. The van der Waals surface area contributed by atoms with E-state index in [-0.39, 0.29) is 6.29 Å². The number of rotatable bonds is 14. The Balaban J connectivity index is 1.47. The van der Waals surface area contributed by atoms with Gasteiger partial charge in [-0.1, -0.05) is 83.3 Å². The number of ether oxygens (including phenoxy) is 2. The Kier molecular flexibility index (Phi) is 12.7. The van der Waals surface area contributed by atoms with Gasteiger partial charge in [-0.2, -0.15) is 0 Å². The number of hydrogen-bond donors (Lipinski definition) is 0. The number of allylic oxidation sites excluding steroid dienone is 3. The molecule has 1 heterocycles. The molecule has 0 N–H and O–H groups in total. The molecule has 2 rings (SSSR count). The van der Waals surface area contributed by atoms with Gasteiger partial charge in [0.25, 0.3) is 0 Å². The van der Waals surface area contributed by atoms with Crippen LogP contribution in [0.3, 0.4) is 0 Å². The van der Waals surface area contributed by atoms with Crippen molar-refractivity contribution in [3.63, 3.8) is 0 Å². The molecule has 0 bridgehead atoms. The highest BCUT2D eigenvalue weighted by Crippen LogP contribution is 2.38. The summed E-state index contributed by atoms with van der Waals surface area (Å²) in [5.74, 6) is 2.04. The van der Waals surface area contributed by atoms with Crippen LogP contribution < -0.4 is 0 Å². The van der Waals surface area contributed by atoms with Gasteiger partial charge in [0, 0.05) is 6.42 Å². The molecule has 2 nitrogen and oxygen atoms in total. The summed E-state index contributed by atoms with van der Waals surface area (Å²) in [6.45, 7) is 3.14. The molecular formula is C25H44O2. The standard InChI is InChI=1S/C25H44O2/c1-2-3-4-5-7-10-16-23-18-15-19-24(23)17-11-8-6-9-13-21-26-25-20-12-14-22-27-25/h6,9,13,21,23-25H,2-5,7-8,10-12,14-20,22H2,1H3/t23-,24-,25?/m0/s1. The smallest absolute Gasteiger partial charge is 0.198 e. The molecule has 0 aromatic rings. The third kappa shape index (κ3) is 10.4. The van der Waals surface area contributed by atoms with Crippen molar-refractivity contribution in [1.82, 2.24) is 0 Å². The van der Waals surface area contributed by atoms with Crippen LogP contribution >= 0.6 is 0 Å². The van der Waals surface area contributed by atoms with E-state index >= 15 is 0 Å². The first kappa shape index (κ1) is 22.5. The zero-order valence-electron chi connectivity index (χ0n) is 17.9. The van der Waals surface area contributed by atoms with Crippen LogP contribution in [0.15, 0.2) is 24.5 Å². The molecule has 1 aliphatic heterocycles. The van der Waals surface area contributed by atoms with E-state index < -0.39 is 0 Å². The van der Waals surface area contributed by atoms with Crippen molar-refractivity contribution in [1.29, 1.82) is 0 Å². The van der Waals surface area contributed by atoms with Crippen LogP contribution in [0, 0.1) is 11.8 Å².